The number of H-pyrrole nitrogens is 1. The molecule has 0 aliphatic heterocycles. The van der Waals surface area contributed by atoms with Gasteiger partial charge in [0.05, 0.1) is 5.39 Å². The minimum Gasteiger partial charge on any atom is -0.346 e. The summed E-state index contributed by atoms with van der Waals surface area (Å²) in [6, 6.07) is 1.88. The van der Waals surface area contributed by atoms with Crippen LogP contribution in [0.3, 0.4) is 0 Å². The van der Waals surface area contributed by atoms with E-state index in [1.54, 1.807) is 6.20 Å². The highest BCUT2D eigenvalue weighted by atomic mass is 16.2. The monoisotopic (exact) mass is 244 g/mol. The lowest BCUT2D eigenvalue weighted by Gasteiger charge is -2.07. The van der Waals surface area contributed by atoms with E-state index in [0.717, 1.165) is 17.5 Å². The number of amides is 1. The highest BCUT2D eigenvalue weighted by Crippen LogP contribution is 2.52. The van der Waals surface area contributed by atoms with Crippen LogP contribution < -0.4 is 5.32 Å². The number of carbonyl (C=O) groups excluding carboxylic acids is 1. The fourth-order valence-corrected chi connectivity index (χ4v) is 2.27. The van der Waals surface area contributed by atoms with Gasteiger partial charge in [-0.2, -0.15) is 0 Å². The molecular formula is C13H16N4O. The average Bonchev–Trinajstić information content (AvgIpc) is 2.73. The quantitative estimate of drug-likeness (QED) is 0.851. The number of carbonyl (C=O) groups is 1. The minimum atomic E-state index is 0.0561. The summed E-state index contributed by atoms with van der Waals surface area (Å²) >= 11 is 0. The molecule has 1 atom stereocenters. The zero-order chi connectivity index (χ0) is 12.9. The molecule has 1 aliphatic carbocycles. The standard InChI is InChI=1S/C13H16N4O/c1-7-15-10-8(4-5-14-10)11(16-7)17-12(18)9-6-13(9,2)3/h4-5,9H,6H2,1-3H3,(H2,14,15,16,17,18)/t9-/m1/s1. The molecule has 2 N–H and O–H groups in total. The molecule has 5 nitrogen and oxygen atoms in total. The van der Waals surface area contributed by atoms with Gasteiger partial charge in [0.15, 0.2) is 0 Å². The first-order valence-corrected chi connectivity index (χ1v) is 6.10. The summed E-state index contributed by atoms with van der Waals surface area (Å²) in [5.41, 5.74) is 0.886. The van der Waals surface area contributed by atoms with Crippen LogP contribution in [0.25, 0.3) is 11.0 Å². The number of fused-ring (bicyclic) bond motifs is 1. The van der Waals surface area contributed by atoms with E-state index in [-0.39, 0.29) is 17.2 Å². The Hall–Kier alpha value is -1.91. The highest BCUT2D eigenvalue weighted by Gasteiger charge is 2.50. The normalized spacial score (nSPS) is 20.9. The van der Waals surface area contributed by atoms with Gasteiger partial charge in [0.2, 0.25) is 5.91 Å². The molecule has 3 rings (SSSR count). The Morgan fingerprint density at radius 2 is 2.22 bits per heavy atom. The molecule has 0 spiro atoms. The Kier molecular flexibility index (Phi) is 2.20. The first-order chi connectivity index (χ1) is 8.47. The van der Waals surface area contributed by atoms with Gasteiger partial charge < -0.3 is 10.3 Å². The number of aromatic amines is 1. The summed E-state index contributed by atoms with van der Waals surface area (Å²) in [6.45, 7) is 6.03. The lowest BCUT2D eigenvalue weighted by Crippen LogP contribution is -2.18. The Morgan fingerprint density at radius 1 is 1.50 bits per heavy atom. The van der Waals surface area contributed by atoms with Crippen molar-refractivity contribution in [3.8, 4) is 0 Å². The van der Waals surface area contributed by atoms with Crippen molar-refractivity contribution in [2.45, 2.75) is 27.2 Å². The van der Waals surface area contributed by atoms with Gasteiger partial charge in [-0.1, -0.05) is 13.8 Å². The third-order valence-corrected chi connectivity index (χ3v) is 3.60. The summed E-state index contributed by atoms with van der Waals surface area (Å²) in [4.78, 5) is 23.7. The molecule has 2 aromatic rings. The van der Waals surface area contributed by atoms with Crippen LogP contribution in [0.2, 0.25) is 0 Å². The molecule has 0 radical (unpaired) electrons. The molecular weight excluding hydrogens is 228 g/mol. The Bertz CT molecular complexity index is 629. The third kappa shape index (κ3) is 1.75. The van der Waals surface area contributed by atoms with E-state index in [1.807, 2.05) is 13.0 Å². The van der Waals surface area contributed by atoms with E-state index < -0.39 is 0 Å². The number of rotatable bonds is 2. The number of aromatic nitrogens is 3. The van der Waals surface area contributed by atoms with Gasteiger partial charge in [-0.3, -0.25) is 4.79 Å². The van der Waals surface area contributed by atoms with Crippen LogP contribution in [0.4, 0.5) is 5.82 Å². The van der Waals surface area contributed by atoms with Gasteiger partial charge in [0, 0.05) is 12.1 Å². The van der Waals surface area contributed by atoms with Crippen molar-refractivity contribution in [2.24, 2.45) is 11.3 Å². The molecule has 0 aromatic carbocycles. The molecule has 1 aliphatic rings. The van der Waals surface area contributed by atoms with Gasteiger partial charge in [-0.25, -0.2) is 9.97 Å². The van der Waals surface area contributed by atoms with Gasteiger partial charge in [0.1, 0.15) is 17.3 Å². The van der Waals surface area contributed by atoms with Crippen LogP contribution in [0.15, 0.2) is 12.3 Å². The van der Waals surface area contributed by atoms with Gasteiger partial charge in [-0.15, -0.1) is 0 Å². The van der Waals surface area contributed by atoms with Crippen molar-refractivity contribution in [1.29, 1.82) is 0 Å². The molecule has 5 heteroatoms. The maximum Gasteiger partial charge on any atom is 0.229 e. The average molecular weight is 244 g/mol. The van der Waals surface area contributed by atoms with E-state index in [0.29, 0.717) is 11.6 Å². The molecule has 94 valence electrons. The Morgan fingerprint density at radius 3 is 2.89 bits per heavy atom. The van der Waals surface area contributed by atoms with Crippen molar-refractivity contribution < 1.29 is 4.79 Å². The van der Waals surface area contributed by atoms with Crippen LogP contribution in [-0.4, -0.2) is 20.9 Å². The molecule has 1 amide bonds. The second-order valence-electron chi connectivity index (χ2n) is 5.59. The summed E-state index contributed by atoms with van der Waals surface area (Å²) in [5.74, 6) is 1.41. The van der Waals surface area contributed by atoms with Crippen molar-refractivity contribution in [3.05, 3.63) is 18.1 Å². The molecule has 0 bridgehead atoms. The lowest BCUT2D eigenvalue weighted by molar-refractivity contribution is -0.118. The van der Waals surface area contributed by atoms with Crippen LogP contribution >= 0.6 is 0 Å². The molecule has 2 aromatic heterocycles. The third-order valence-electron chi connectivity index (χ3n) is 3.60. The van der Waals surface area contributed by atoms with Crippen molar-refractivity contribution in [3.63, 3.8) is 0 Å². The number of hydrogen-bond acceptors (Lipinski definition) is 3. The first kappa shape index (κ1) is 11.2. The zero-order valence-electron chi connectivity index (χ0n) is 10.7. The predicted molar refractivity (Wildman–Crippen MR) is 69.1 cm³/mol. The topological polar surface area (TPSA) is 70.7 Å². The number of nitrogens with one attached hydrogen (secondary N) is 2. The van der Waals surface area contributed by atoms with E-state index in [9.17, 15) is 4.79 Å². The van der Waals surface area contributed by atoms with Crippen molar-refractivity contribution >= 4 is 22.8 Å². The summed E-state index contributed by atoms with van der Waals surface area (Å²) in [6.07, 6.45) is 2.74. The Labute approximate surface area is 105 Å². The van der Waals surface area contributed by atoms with Gasteiger partial charge in [0.25, 0.3) is 0 Å². The SMILES string of the molecule is Cc1nc(NC(=O)[C@H]2CC2(C)C)c2cc[nH]c2n1. The number of aryl methyl sites for hydroxylation is 1. The van der Waals surface area contributed by atoms with Crippen LogP contribution in [-0.2, 0) is 4.79 Å². The molecule has 1 saturated carbocycles. The fourth-order valence-electron chi connectivity index (χ4n) is 2.27. The summed E-state index contributed by atoms with van der Waals surface area (Å²) < 4.78 is 0. The summed E-state index contributed by atoms with van der Waals surface area (Å²) in [5, 5.41) is 3.77. The highest BCUT2D eigenvalue weighted by molar-refractivity contribution is 6.00. The first-order valence-electron chi connectivity index (χ1n) is 6.10. The molecule has 2 heterocycles. The van der Waals surface area contributed by atoms with Crippen LogP contribution in [0.1, 0.15) is 26.1 Å². The van der Waals surface area contributed by atoms with E-state index in [4.69, 9.17) is 0 Å². The number of nitrogens with zero attached hydrogens (tertiary/aromatic N) is 2. The second kappa shape index (κ2) is 3.54. The molecule has 1 fully saturated rings. The van der Waals surface area contributed by atoms with Gasteiger partial charge >= 0.3 is 0 Å². The minimum absolute atomic E-state index is 0.0561. The number of hydrogen-bond donors (Lipinski definition) is 2. The summed E-state index contributed by atoms with van der Waals surface area (Å²) in [7, 11) is 0. The zero-order valence-corrected chi connectivity index (χ0v) is 10.7. The van der Waals surface area contributed by atoms with E-state index in [2.05, 4.69) is 34.1 Å². The molecule has 18 heavy (non-hydrogen) atoms. The fraction of sp³-hybridized carbons (Fsp3) is 0.462. The van der Waals surface area contributed by atoms with Crippen LogP contribution in [0, 0.1) is 18.3 Å². The maximum absolute atomic E-state index is 12.1. The second-order valence-corrected chi connectivity index (χ2v) is 5.59. The lowest BCUT2D eigenvalue weighted by atomic mass is 10.1. The van der Waals surface area contributed by atoms with Gasteiger partial charge in [-0.05, 0) is 24.8 Å². The van der Waals surface area contributed by atoms with Crippen molar-refractivity contribution in [2.75, 3.05) is 5.32 Å². The van der Waals surface area contributed by atoms with E-state index in [1.165, 1.54) is 0 Å². The van der Waals surface area contributed by atoms with E-state index >= 15 is 0 Å². The Balaban J connectivity index is 1.91. The smallest absolute Gasteiger partial charge is 0.229 e. The molecule has 0 saturated heterocycles. The predicted octanol–water partition coefficient (Wildman–Crippen LogP) is 2.25. The largest absolute Gasteiger partial charge is 0.346 e. The maximum atomic E-state index is 12.1. The number of anilines is 1. The van der Waals surface area contributed by atoms with Crippen LogP contribution in [0.5, 0.6) is 0 Å². The van der Waals surface area contributed by atoms with Crippen molar-refractivity contribution in [1.82, 2.24) is 15.0 Å². The molecule has 0 unspecified atom stereocenters.